The Morgan fingerprint density at radius 1 is 1.26 bits per heavy atom. The van der Waals surface area contributed by atoms with Crippen molar-refractivity contribution in [1.82, 2.24) is 9.38 Å². The Balaban J connectivity index is 1.69. The van der Waals surface area contributed by atoms with Crippen LogP contribution in [0.15, 0.2) is 36.5 Å². The Bertz CT molecular complexity index is 936. The van der Waals surface area contributed by atoms with Crippen LogP contribution in [0.25, 0.3) is 5.65 Å². The Kier molecular flexibility index (Phi) is 3.12. The van der Waals surface area contributed by atoms with Crippen molar-refractivity contribution in [3.63, 3.8) is 0 Å². The predicted octanol–water partition coefficient (Wildman–Crippen LogP) is 3.28. The highest BCUT2D eigenvalue weighted by Crippen LogP contribution is 2.34. The molecule has 7 heteroatoms. The highest BCUT2D eigenvalue weighted by atomic mass is 35.5. The van der Waals surface area contributed by atoms with E-state index in [1.165, 1.54) is 0 Å². The molecule has 0 bridgehead atoms. The molecule has 0 saturated carbocycles. The number of hydrogen-bond donors (Lipinski definition) is 1. The van der Waals surface area contributed by atoms with Gasteiger partial charge in [-0.2, -0.15) is 0 Å². The number of benzene rings is 1. The first-order valence-electron chi connectivity index (χ1n) is 6.97. The van der Waals surface area contributed by atoms with Gasteiger partial charge >= 0.3 is 0 Å². The molecule has 0 atom stereocenters. The van der Waals surface area contributed by atoms with Crippen molar-refractivity contribution in [2.45, 2.75) is 6.92 Å². The van der Waals surface area contributed by atoms with E-state index in [0.29, 0.717) is 39.2 Å². The Morgan fingerprint density at radius 3 is 2.96 bits per heavy atom. The Hall–Kier alpha value is -2.73. The number of carbonyl (C=O) groups is 1. The molecular formula is C16H12ClN3O3. The molecule has 3 aromatic rings. The minimum Gasteiger partial charge on any atom is -0.454 e. The molecule has 4 rings (SSSR count). The molecule has 0 radical (unpaired) electrons. The van der Waals surface area contributed by atoms with Crippen molar-refractivity contribution in [2.24, 2.45) is 0 Å². The van der Waals surface area contributed by atoms with Crippen LogP contribution in [0.1, 0.15) is 16.2 Å². The van der Waals surface area contributed by atoms with Crippen molar-refractivity contribution in [2.75, 3.05) is 12.1 Å². The maximum Gasteiger partial charge on any atom is 0.274 e. The second-order valence-electron chi connectivity index (χ2n) is 5.14. The molecule has 0 aliphatic carbocycles. The van der Waals surface area contributed by atoms with Crippen molar-refractivity contribution < 1.29 is 14.3 Å². The smallest absolute Gasteiger partial charge is 0.274 e. The molecule has 0 spiro atoms. The number of anilines is 1. The Labute approximate surface area is 136 Å². The number of ether oxygens (including phenoxy) is 2. The Morgan fingerprint density at radius 2 is 2.09 bits per heavy atom. The summed E-state index contributed by atoms with van der Waals surface area (Å²) in [6.45, 7) is 1.98. The van der Waals surface area contributed by atoms with Gasteiger partial charge in [0.2, 0.25) is 6.79 Å². The molecule has 1 amide bonds. The van der Waals surface area contributed by atoms with Gasteiger partial charge in [-0.1, -0.05) is 11.6 Å². The quantitative estimate of drug-likeness (QED) is 0.783. The largest absolute Gasteiger partial charge is 0.454 e. The van der Waals surface area contributed by atoms with Crippen LogP contribution in [0.4, 0.5) is 5.69 Å². The first-order chi connectivity index (χ1) is 11.1. The van der Waals surface area contributed by atoms with Gasteiger partial charge in [0.15, 0.2) is 11.5 Å². The van der Waals surface area contributed by atoms with Gasteiger partial charge in [0.05, 0.1) is 10.7 Å². The summed E-state index contributed by atoms with van der Waals surface area (Å²) in [6, 6.07) is 8.76. The number of pyridine rings is 1. The maximum absolute atomic E-state index is 12.6. The van der Waals surface area contributed by atoms with E-state index in [4.69, 9.17) is 21.1 Å². The van der Waals surface area contributed by atoms with Gasteiger partial charge < -0.3 is 14.8 Å². The lowest BCUT2D eigenvalue weighted by Crippen LogP contribution is -2.15. The van der Waals surface area contributed by atoms with Crippen LogP contribution in [0.5, 0.6) is 11.5 Å². The molecule has 0 fully saturated rings. The minimum atomic E-state index is -0.267. The van der Waals surface area contributed by atoms with Crippen molar-refractivity contribution in [1.29, 1.82) is 0 Å². The number of halogens is 1. The summed E-state index contributed by atoms with van der Waals surface area (Å²) in [4.78, 5) is 17.0. The van der Waals surface area contributed by atoms with Crippen LogP contribution in [0, 0.1) is 6.92 Å². The van der Waals surface area contributed by atoms with Crippen molar-refractivity contribution >= 4 is 28.8 Å². The maximum atomic E-state index is 12.6. The lowest BCUT2D eigenvalue weighted by molar-refractivity contribution is 0.102. The summed E-state index contributed by atoms with van der Waals surface area (Å²) >= 11 is 6.02. The average Bonchev–Trinajstić information content (AvgIpc) is 3.09. The van der Waals surface area contributed by atoms with E-state index in [9.17, 15) is 4.79 Å². The zero-order valence-corrected chi connectivity index (χ0v) is 12.9. The zero-order chi connectivity index (χ0) is 16.0. The molecule has 1 aromatic carbocycles. The van der Waals surface area contributed by atoms with Gasteiger partial charge in [-0.3, -0.25) is 9.20 Å². The third-order valence-electron chi connectivity index (χ3n) is 3.60. The molecule has 116 valence electrons. The summed E-state index contributed by atoms with van der Waals surface area (Å²) in [5, 5.41) is 3.38. The first kappa shape index (κ1) is 13.9. The van der Waals surface area contributed by atoms with Gasteiger partial charge in [-0.15, -0.1) is 0 Å². The summed E-state index contributed by atoms with van der Waals surface area (Å²) in [5.41, 5.74) is 2.36. The average molecular weight is 330 g/mol. The van der Waals surface area contributed by atoms with E-state index in [-0.39, 0.29) is 12.7 Å². The molecule has 0 saturated heterocycles. The summed E-state index contributed by atoms with van der Waals surface area (Å²) in [7, 11) is 0. The van der Waals surface area contributed by atoms with E-state index < -0.39 is 0 Å². The number of fused-ring (bicyclic) bond motifs is 2. The van der Waals surface area contributed by atoms with Crippen LogP contribution in [-0.4, -0.2) is 22.1 Å². The van der Waals surface area contributed by atoms with E-state index in [1.807, 2.05) is 0 Å². The summed E-state index contributed by atoms with van der Waals surface area (Å²) in [6.07, 6.45) is 1.67. The van der Waals surface area contributed by atoms with E-state index in [2.05, 4.69) is 10.3 Å². The predicted molar refractivity (Wildman–Crippen MR) is 85.5 cm³/mol. The molecule has 3 heterocycles. The number of nitrogens with one attached hydrogen (secondary N) is 1. The second-order valence-corrected chi connectivity index (χ2v) is 5.58. The monoisotopic (exact) mass is 329 g/mol. The van der Waals surface area contributed by atoms with Crippen molar-refractivity contribution in [3.8, 4) is 11.5 Å². The van der Waals surface area contributed by atoms with Gasteiger partial charge in [-0.25, -0.2) is 4.98 Å². The standard InChI is InChI=1S/C16H12ClN3O3/c1-9-15(20-7-10(17)2-5-14(20)18-9)16(21)19-11-3-4-12-13(6-11)23-8-22-12/h2-7H,8H2,1H3,(H,19,21). The van der Waals surface area contributed by atoms with Crippen LogP contribution < -0.4 is 14.8 Å². The third kappa shape index (κ3) is 2.37. The topological polar surface area (TPSA) is 64.9 Å². The van der Waals surface area contributed by atoms with E-state index in [1.54, 1.807) is 47.9 Å². The molecule has 1 aliphatic heterocycles. The van der Waals surface area contributed by atoms with Crippen LogP contribution in [-0.2, 0) is 0 Å². The minimum absolute atomic E-state index is 0.192. The molecule has 2 aromatic heterocycles. The lowest BCUT2D eigenvalue weighted by Gasteiger charge is -2.07. The fraction of sp³-hybridized carbons (Fsp3) is 0.125. The van der Waals surface area contributed by atoms with Crippen LogP contribution in [0.2, 0.25) is 5.02 Å². The van der Waals surface area contributed by atoms with Gasteiger partial charge in [0.25, 0.3) is 5.91 Å². The number of aromatic nitrogens is 2. The van der Waals surface area contributed by atoms with E-state index in [0.717, 1.165) is 0 Å². The fourth-order valence-corrected chi connectivity index (χ4v) is 2.74. The second kappa shape index (κ2) is 5.17. The molecule has 23 heavy (non-hydrogen) atoms. The summed E-state index contributed by atoms with van der Waals surface area (Å²) in [5.74, 6) is 1.01. The molecular weight excluding hydrogens is 318 g/mol. The van der Waals surface area contributed by atoms with E-state index >= 15 is 0 Å². The fourth-order valence-electron chi connectivity index (χ4n) is 2.57. The highest BCUT2D eigenvalue weighted by Gasteiger charge is 2.19. The number of nitrogens with zero attached hydrogens (tertiary/aromatic N) is 2. The number of amides is 1. The highest BCUT2D eigenvalue weighted by molar-refractivity contribution is 6.30. The summed E-state index contributed by atoms with van der Waals surface area (Å²) < 4.78 is 12.2. The number of aryl methyl sites for hydroxylation is 1. The van der Waals surface area contributed by atoms with Gasteiger partial charge in [-0.05, 0) is 31.2 Å². The van der Waals surface area contributed by atoms with Crippen molar-refractivity contribution in [3.05, 3.63) is 52.9 Å². The first-order valence-corrected chi connectivity index (χ1v) is 7.35. The van der Waals surface area contributed by atoms with Gasteiger partial charge in [0.1, 0.15) is 11.3 Å². The molecule has 1 aliphatic rings. The SMILES string of the molecule is Cc1nc2ccc(Cl)cn2c1C(=O)Nc1ccc2c(c1)OCO2. The van der Waals surface area contributed by atoms with Crippen LogP contribution in [0.3, 0.4) is 0 Å². The zero-order valence-electron chi connectivity index (χ0n) is 12.2. The lowest BCUT2D eigenvalue weighted by atomic mass is 10.2. The number of hydrogen-bond acceptors (Lipinski definition) is 4. The molecule has 0 unspecified atom stereocenters. The van der Waals surface area contributed by atoms with Gasteiger partial charge in [0, 0.05) is 18.0 Å². The normalized spacial score (nSPS) is 12.6. The number of imidazole rings is 1. The third-order valence-corrected chi connectivity index (χ3v) is 3.83. The molecule has 1 N–H and O–H groups in total. The number of rotatable bonds is 2. The number of carbonyl (C=O) groups excluding carboxylic acids is 1. The molecule has 6 nitrogen and oxygen atoms in total. The van der Waals surface area contributed by atoms with Crippen LogP contribution >= 0.6 is 11.6 Å².